The number of carbonyl (C=O) groups is 5. The van der Waals surface area contributed by atoms with E-state index in [1.54, 1.807) is 63.7 Å². The lowest BCUT2D eigenvalue weighted by Crippen LogP contribution is -2.61. The minimum atomic E-state index is -3.09. The van der Waals surface area contributed by atoms with Crippen molar-refractivity contribution in [1.29, 1.82) is 0 Å². The van der Waals surface area contributed by atoms with Crippen LogP contribution in [0.3, 0.4) is 0 Å². The van der Waals surface area contributed by atoms with Crippen LogP contribution >= 0.6 is 11.3 Å². The number of hydrogen-bond donors (Lipinski definition) is 2. The van der Waals surface area contributed by atoms with E-state index >= 15 is 13.2 Å². The Morgan fingerprint density at radius 3 is 2.49 bits per heavy atom. The van der Waals surface area contributed by atoms with E-state index in [-0.39, 0.29) is 60.8 Å². The van der Waals surface area contributed by atoms with Gasteiger partial charge in [0.05, 0.1) is 43.1 Å². The average Bonchev–Trinajstić information content (AvgIpc) is 4.21. The van der Waals surface area contributed by atoms with Crippen LogP contribution in [0.5, 0.6) is 0 Å². The largest absolute Gasteiger partial charge is 0.370 e. The minimum absolute atomic E-state index is 0.0385. The number of piperidine rings is 2. The van der Waals surface area contributed by atoms with Crippen molar-refractivity contribution >= 4 is 68.5 Å². The van der Waals surface area contributed by atoms with Gasteiger partial charge in [-0.25, -0.2) is 27.9 Å². The Morgan fingerprint density at radius 1 is 0.931 bits per heavy atom. The number of nitrogens with zero attached hydrogens (tertiary/aromatic N) is 10. The number of anilines is 3. The molecule has 2 N–H and O–H groups in total. The fraction of sp³-hybridized carbons (Fsp3) is 0.412. The van der Waals surface area contributed by atoms with Crippen LogP contribution in [0.4, 0.5) is 34.6 Å². The van der Waals surface area contributed by atoms with E-state index in [4.69, 9.17) is 0 Å². The van der Waals surface area contributed by atoms with Gasteiger partial charge in [-0.3, -0.25) is 44.3 Å². The molecule has 4 saturated heterocycles. The van der Waals surface area contributed by atoms with Crippen LogP contribution < -0.4 is 20.4 Å². The van der Waals surface area contributed by atoms with Crippen molar-refractivity contribution in [2.75, 3.05) is 67.5 Å². The van der Waals surface area contributed by atoms with Crippen LogP contribution in [0.25, 0.3) is 22.0 Å². The molecule has 3 aromatic heterocycles. The van der Waals surface area contributed by atoms with E-state index in [2.05, 4.69) is 30.6 Å². The number of alkyl halides is 2. The fourth-order valence-corrected chi connectivity index (χ4v) is 12.3. The average molecular weight is 1000 g/mol. The molecule has 2 unspecified atom stereocenters. The summed E-state index contributed by atoms with van der Waals surface area (Å²) in [5.41, 5.74) is 5.25. The third-order valence-corrected chi connectivity index (χ3v) is 16.4. The standard InChI is InChI=1S/C51H51F3N12O5S/c1-60-40-23-31(6-9-34(40)45(59-60)65-17-11-41(67)57-49(65)71)37-10-16-61(28-51(37,53)54)25-42(68)62-18-12-50(13-19-62)26-64(27-50)33-7-4-30(5-8-33)32-21-35-36(38(52)22-32)24-66(47(35)70)44(46(69)58-48-55-14-20-72-48)43-39-3-2-15-63(39)29-56-43/h4-9,14,20-23,29,37,44H,2-3,10-13,15-19,24-28H2,1H3,(H,55,58,69)(H,57,67,71). The molecule has 12 rings (SSSR count). The highest BCUT2D eigenvalue weighted by Crippen LogP contribution is 2.45. The lowest BCUT2D eigenvalue weighted by Gasteiger charge is -2.55. The van der Waals surface area contributed by atoms with Crippen LogP contribution in [-0.2, 0) is 40.9 Å². The number of halogens is 3. The van der Waals surface area contributed by atoms with Crippen molar-refractivity contribution in [1.82, 2.24) is 44.3 Å². The summed E-state index contributed by atoms with van der Waals surface area (Å²) >= 11 is 1.27. The number of nitrogens with one attached hydrogen (secondary N) is 2. The van der Waals surface area contributed by atoms with Gasteiger partial charge < -0.3 is 19.3 Å². The lowest BCUT2D eigenvalue weighted by molar-refractivity contribution is -0.138. The Bertz CT molecular complexity index is 3180. The molecule has 0 saturated carbocycles. The highest BCUT2D eigenvalue weighted by atomic mass is 32.1. The Balaban J connectivity index is 0.644. The molecular weight excluding hydrogens is 950 g/mol. The summed E-state index contributed by atoms with van der Waals surface area (Å²) in [5, 5.41) is 12.4. The number of aromatic nitrogens is 5. The Morgan fingerprint density at radius 2 is 1.74 bits per heavy atom. The second-order valence-electron chi connectivity index (χ2n) is 20.1. The van der Waals surface area contributed by atoms with Crippen LogP contribution in [0.2, 0.25) is 0 Å². The summed E-state index contributed by atoms with van der Waals surface area (Å²) in [6.45, 7) is 3.35. The Kier molecular flexibility index (Phi) is 11.2. The monoisotopic (exact) mass is 1000 g/mol. The van der Waals surface area contributed by atoms with Gasteiger partial charge in [0.25, 0.3) is 17.7 Å². The highest BCUT2D eigenvalue weighted by molar-refractivity contribution is 7.13. The molecule has 372 valence electrons. The second-order valence-corrected chi connectivity index (χ2v) is 21.0. The number of fused-ring (bicyclic) bond motifs is 3. The number of rotatable bonds is 10. The lowest BCUT2D eigenvalue weighted by atomic mass is 9.71. The summed E-state index contributed by atoms with van der Waals surface area (Å²) in [4.78, 5) is 83.1. The molecule has 0 aliphatic carbocycles. The molecule has 6 aliphatic rings. The van der Waals surface area contributed by atoms with Gasteiger partial charge in [-0.1, -0.05) is 18.2 Å². The maximum absolute atomic E-state index is 16.0. The molecule has 2 atom stereocenters. The molecule has 21 heteroatoms. The second kappa shape index (κ2) is 17.6. The number of amides is 6. The molecule has 0 radical (unpaired) electrons. The first-order valence-electron chi connectivity index (χ1n) is 24.4. The normalized spacial score (nSPS) is 21.0. The number of benzene rings is 3. The molecule has 17 nitrogen and oxygen atoms in total. The Hall–Kier alpha value is -7.13. The zero-order chi connectivity index (χ0) is 49.6. The van der Waals surface area contributed by atoms with E-state index in [0.717, 1.165) is 62.3 Å². The van der Waals surface area contributed by atoms with E-state index in [1.165, 1.54) is 27.2 Å². The Labute approximate surface area is 415 Å². The van der Waals surface area contributed by atoms with Gasteiger partial charge in [0.1, 0.15) is 5.82 Å². The number of imidazole rings is 1. The summed E-state index contributed by atoms with van der Waals surface area (Å²) in [7, 11) is 1.69. The predicted molar refractivity (Wildman–Crippen MR) is 261 cm³/mol. The third kappa shape index (κ3) is 8.05. The minimum Gasteiger partial charge on any atom is -0.370 e. The molecule has 6 amide bonds. The van der Waals surface area contributed by atoms with Gasteiger partial charge >= 0.3 is 6.03 Å². The molecule has 0 bridgehead atoms. The van der Waals surface area contributed by atoms with Crippen molar-refractivity contribution < 1.29 is 37.1 Å². The van der Waals surface area contributed by atoms with E-state index in [0.29, 0.717) is 58.3 Å². The fourth-order valence-electron chi connectivity index (χ4n) is 11.8. The van der Waals surface area contributed by atoms with E-state index in [9.17, 15) is 24.0 Å². The topological polar surface area (TPSA) is 174 Å². The van der Waals surface area contributed by atoms with Crippen LogP contribution in [0, 0.1) is 11.2 Å². The zero-order valence-corrected chi connectivity index (χ0v) is 40.3. The molecular formula is C51H51F3N12O5S. The summed E-state index contributed by atoms with van der Waals surface area (Å²) in [6, 6.07) is 14.4. The van der Waals surface area contributed by atoms with Gasteiger partial charge in [-0.15, -0.1) is 11.3 Å². The third-order valence-electron chi connectivity index (χ3n) is 15.7. The van der Waals surface area contributed by atoms with Crippen LogP contribution in [0.15, 0.2) is 72.5 Å². The molecule has 6 aromatic rings. The molecule has 6 aliphatic heterocycles. The first kappa shape index (κ1) is 46.0. The van der Waals surface area contributed by atoms with Crippen molar-refractivity contribution in [3.8, 4) is 11.1 Å². The molecule has 1 spiro atoms. The van der Waals surface area contributed by atoms with Crippen molar-refractivity contribution in [2.24, 2.45) is 12.5 Å². The van der Waals surface area contributed by atoms with Gasteiger partial charge in [0.15, 0.2) is 17.0 Å². The number of urea groups is 1. The first-order valence-corrected chi connectivity index (χ1v) is 25.3. The molecule has 4 fully saturated rings. The molecule has 9 heterocycles. The van der Waals surface area contributed by atoms with Crippen molar-refractivity contribution in [3.05, 3.63) is 106 Å². The van der Waals surface area contributed by atoms with Gasteiger partial charge in [-0.05, 0) is 91.7 Å². The summed E-state index contributed by atoms with van der Waals surface area (Å²) < 4.78 is 51.5. The van der Waals surface area contributed by atoms with Gasteiger partial charge in [0, 0.05) is 97.6 Å². The van der Waals surface area contributed by atoms with Crippen molar-refractivity contribution in [3.63, 3.8) is 0 Å². The maximum atomic E-state index is 16.0. The first-order chi connectivity index (χ1) is 34.7. The zero-order valence-electron chi connectivity index (χ0n) is 39.5. The summed E-state index contributed by atoms with van der Waals surface area (Å²) in [5.74, 6) is -5.70. The van der Waals surface area contributed by atoms with E-state index < -0.39 is 48.1 Å². The maximum Gasteiger partial charge on any atom is 0.329 e. The number of aryl methyl sites for hydroxylation is 2. The number of likely N-dealkylation sites (tertiary alicyclic amines) is 2. The smallest absolute Gasteiger partial charge is 0.329 e. The van der Waals surface area contributed by atoms with E-state index in [1.807, 2.05) is 28.8 Å². The van der Waals surface area contributed by atoms with Gasteiger partial charge in [-0.2, -0.15) is 5.10 Å². The van der Waals surface area contributed by atoms with Gasteiger partial charge in [0.2, 0.25) is 11.8 Å². The predicted octanol–water partition coefficient (Wildman–Crippen LogP) is 6.31. The number of thiazole rings is 1. The quantitative estimate of drug-likeness (QED) is 0.158. The molecule has 72 heavy (non-hydrogen) atoms. The number of imide groups is 1. The number of carbonyl (C=O) groups excluding carboxylic acids is 5. The highest BCUT2D eigenvalue weighted by Gasteiger charge is 2.48. The van der Waals surface area contributed by atoms with Crippen molar-refractivity contribution in [2.45, 2.75) is 69.5 Å². The molecule has 3 aromatic carbocycles. The van der Waals surface area contributed by atoms with Crippen LogP contribution in [-0.4, -0.2) is 127 Å². The summed E-state index contributed by atoms with van der Waals surface area (Å²) in [6.07, 6.45) is 6.83. The SMILES string of the molecule is Cn1nc(N2CCC(=O)NC2=O)c2ccc(C3CCN(CC(=O)N4CCC5(CC4)CN(c4ccc(-c6cc(F)c7c(c6)C(=O)N(C(C(=O)Nc6nccs6)c6ncn8c6CCC8)C7)cc4)C5)CC3(F)F)cc21. The van der Waals surface area contributed by atoms with Crippen LogP contribution in [0.1, 0.15) is 76.9 Å². The number of hydrogen-bond acceptors (Lipinski definition) is 11.